The van der Waals surface area contributed by atoms with Gasteiger partial charge in [0.25, 0.3) is 0 Å². The Hall–Kier alpha value is -1.11. The van der Waals surface area contributed by atoms with Gasteiger partial charge in [-0.3, -0.25) is 0 Å². The van der Waals surface area contributed by atoms with Gasteiger partial charge in [0, 0.05) is 18.9 Å². The maximum absolute atomic E-state index is 13.4. The van der Waals surface area contributed by atoms with Crippen LogP contribution in [0.15, 0.2) is 18.2 Å². The zero-order chi connectivity index (χ0) is 14.2. The van der Waals surface area contributed by atoms with E-state index >= 15 is 0 Å². The van der Waals surface area contributed by atoms with Crippen molar-refractivity contribution in [1.82, 2.24) is 0 Å². The van der Waals surface area contributed by atoms with Crippen LogP contribution >= 0.6 is 0 Å². The number of hydrogen-bond donors (Lipinski definition) is 2. The van der Waals surface area contributed by atoms with Gasteiger partial charge in [-0.25, -0.2) is 4.39 Å². The molecule has 0 aromatic heterocycles. The SMILES string of the molecule is OB(O)c1cc(F)cc(OC2CCOC3(CCC3)C2)c1. The average molecular weight is 280 g/mol. The third kappa shape index (κ3) is 2.82. The molecule has 1 spiro atoms. The molecule has 2 fully saturated rings. The minimum atomic E-state index is -1.69. The van der Waals surface area contributed by atoms with Crippen LogP contribution in [0.1, 0.15) is 32.1 Å². The fraction of sp³-hybridized carbons (Fsp3) is 0.571. The van der Waals surface area contributed by atoms with Gasteiger partial charge in [-0.2, -0.15) is 0 Å². The standard InChI is InChI=1S/C14H18BFO4/c16-11-6-10(15(17)18)7-13(8-11)20-12-2-5-19-14(9-12)3-1-4-14/h6-8,12,17-18H,1-5,9H2. The quantitative estimate of drug-likeness (QED) is 0.810. The molecule has 2 aliphatic rings. The van der Waals surface area contributed by atoms with E-state index in [1.165, 1.54) is 18.6 Å². The molecule has 1 aliphatic carbocycles. The van der Waals surface area contributed by atoms with Crippen molar-refractivity contribution in [2.75, 3.05) is 6.61 Å². The average Bonchev–Trinajstić information content (AvgIpc) is 2.36. The lowest BCUT2D eigenvalue weighted by molar-refractivity contribution is -0.153. The van der Waals surface area contributed by atoms with Gasteiger partial charge in [0.1, 0.15) is 17.7 Å². The highest BCUT2D eigenvalue weighted by Crippen LogP contribution is 2.43. The van der Waals surface area contributed by atoms with Gasteiger partial charge in [0.2, 0.25) is 0 Å². The Kier molecular flexibility index (Phi) is 3.71. The molecule has 1 unspecified atom stereocenters. The Labute approximate surface area is 117 Å². The van der Waals surface area contributed by atoms with Gasteiger partial charge in [-0.15, -0.1) is 0 Å². The monoisotopic (exact) mass is 280 g/mol. The Balaban J connectivity index is 1.70. The summed E-state index contributed by atoms with van der Waals surface area (Å²) in [5.74, 6) is -0.189. The minimum Gasteiger partial charge on any atom is -0.490 e. The molecular formula is C14H18BFO4. The van der Waals surface area contributed by atoms with Gasteiger partial charge < -0.3 is 19.5 Å². The Bertz CT molecular complexity index is 490. The molecule has 0 amide bonds. The van der Waals surface area contributed by atoms with Crippen LogP contribution in [0.25, 0.3) is 0 Å². The molecule has 6 heteroatoms. The van der Waals surface area contributed by atoms with Crippen LogP contribution in [0.2, 0.25) is 0 Å². The van der Waals surface area contributed by atoms with Crippen molar-refractivity contribution in [1.29, 1.82) is 0 Å². The smallest absolute Gasteiger partial charge is 0.488 e. The van der Waals surface area contributed by atoms with E-state index < -0.39 is 12.9 Å². The third-order valence-electron chi connectivity index (χ3n) is 4.21. The summed E-state index contributed by atoms with van der Waals surface area (Å²) in [6, 6.07) is 3.83. The summed E-state index contributed by atoms with van der Waals surface area (Å²) < 4.78 is 25.1. The summed E-state index contributed by atoms with van der Waals surface area (Å²) in [6.45, 7) is 0.662. The zero-order valence-electron chi connectivity index (χ0n) is 11.2. The van der Waals surface area contributed by atoms with Crippen LogP contribution in [0.4, 0.5) is 4.39 Å². The van der Waals surface area contributed by atoms with E-state index in [0.29, 0.717) is 12.4 Å². The molecule has 2 N–H and O–H groups in total. The van der Waals surface area contributed by atoms with E-state index in [1.807, 2.05) is 0 Å². The molecule has 1 aromatic carbocycles. The van der Waals surface area contributed by atoms with Crippen LogP contribution < -0.4 is 10.2 Å². The van der Waals surface area contributed by atoms with E-state index in [4.69, 9.17) is 19.5 Å². The molecule has 1 heterocycles. The highest BCUT2D eigenvalue weighted by Gasteiger charge is 2.43. The summed E-state index contributed by atoms with van der Waals surface area (Å²) >= 11 is 0. The van der Waals surface area contributed by atoms with Crippen molar-refractivity contribution < 1.29 is 23.9 Å². The normalized spacial score (nSPS) is 24.2. The van der Waals surface area contributed by atoms with Gasteiger partial charge in [0.15, 0.2) is 0 Å². The number of halogens is 1. The second kappa shape index (κ2) is 5.35. The number of benzene rings is 1. The first-order valence-electron chi connectivity index (χ1n) is 7.04. The van der Waals surface area contributed by atoms with Crippen molar-refractivity contribution >= 4 is 12.6 Å². The lowest BCUT2D eigenvalue weighted by atomic mass is 9.74. The first-order valence-corrected chi connectivity index (χ1v) is 7.04. The first kappa shape index (κ1) is 13.9. The molecule has 1 atom stereocenters. The Morgan fingerprint density at radius 2 is 2.10 bits per heavy atom. The van der Waals surface area contributed by atoms with Crippen molar-refractivity contribution in [2.24, 2.45) is 0 Å². The van der Waals surface area contributed by atoms with Gasteiger partial charge in [-0.05, 0) is 36.9 Å². The second-order valence-electron chi connectivity index (χ2n) is 5.71. The highest BCUT2D eigenvalue weighted by molar-refractivity contribution is 6.58. The van der Waals surface area contributed by atoms with E-state index in [-0.39, 0.29) is 17.2 Å². The summed E-state index contributed by atoms with van der Waals surface area (Å²) in [7, 11) is -1.69. The third-order valence-corrected chi connectivity index (χ3v) is 4.21. The highest BCUT2D eigenvalue weighted by atomic mass is 19.1. The van der Waals surface area contributed by atoms with Gasteiger partial charge in [0.05, 0.1) is 12.2 Å². The predicted octanol–water partition coefficient (Wildman–Crippen LogP) is 0.986. The van der Waals surface area contributed by atoms with E-state index in [1.54, 1.807) is 0 Å². The second-order valence-corrected chi connectivity index (χ2v) is 5.71. The lowest BCUT2D eigenvalue weighted by Crippen LogP contribution is -2.48. The molecule has 0 bridgehead atoms. The van der Waals surface area contributed by atoms with Crippen LogP contribution in [0.3, 0.4) is 0 Å². The van der Waals surface area contributed by atoms with E-state index in [9.17, 15) is 4.39 Å². The molecule has 1 saturated heterocycles. The predicted molar refractivity (Wildman–Crippen MR) is 72.4 cm³/mol. The summed E-state index contributed by atoms with van der Waals surface area (Å²) in [6.07, 6.45) is 4.91. The molecular weight excluding hydrogens is 262 g/mol. The number of ether oxygens (including phenoxy) is 2. The maximum Gasteiger partial charge on any atom is 0.488 e. The molecule has 20 heavy (non-hydrogen) atoms. The largest absolute Gasteiger partial charge is 0.490 e. The van der Waals surface area contributed by atoms with Crippen molar-refractivity contribution in [3.63, 3.8) is 0 Å². The fourth-order valence-corrected chi connectivity index (χ4v) is 3.00. The van der Waals surface area contributed by atoms with Crippen LogP contribution in [-0.4, -0.2) is 35.5 Å². The first-order chi connectivity index (χ1) is 9.56. The van der Waals surface area contributed by atoms with Crippen LogP contribution in [0, 0.1) is 5.82 Å². The van der Waals surface area contributed by atoms with Gasteiger partial charge in [-0.1, -0.05) is 0 Å². The lowest BCUT2D eigenvalue weighted by Gasteiger charge is -2.46. The zero-order valence-corrected chi connectivity index (χ0v) is 11.2. The van der Waals surface area contributed by atoms with E-state index in [0.717, 1.165) is 31.7 Å². The Morgan fingerprint density at radius 3 is 2.75 bits per heavy atom. The summed E-state index contributed by atoms with van der Waals surface area (Å²) in [4.78, 5) is 0. The molecule has 1 aliphatic heterocycles. The van der Waals surface area contributed by atoms with Crippen molar-refractivity contribution in [3.05, 3.63) is 24.0 Å². The Morgan fingerprint density at radius 1 is 1.30 bits per heavy atom. The van der Waals surface area contributed by atoms with Crippen LogP contribution in [-0.2, 0) is 4.74 Å². The molecule has 3 rings (SSSR count). The number of hydrogen-bond acceptors (Lipinski definition) is 4. The summed E-state index contributed by atoms with van der Waals surface area (Å²) in [5.41, 5.74) is 0.0701. The number of rotatable bonds is 3. The molecule has 4 nitrogen and oxygen atoms in total. The topological polar surface area (TPSA) is 58.9 Å². The molecule has 108 valence electrons. The molecule has 0 radical (unpaired) electrons. The molecule has 1 aromatic rings. The van der Waals surface area contributed by atoms with Crippen molar-refractivity contribution in [3.8, 4) is 5.75 Å². The van der Waals surface area contributed by atoms with E-state index in [2.05, 4.69) is 0 Å². The van der Waals surface area contributed by atoms with Crippen LogP contribution in [0.5, 0.6) is 5.75 Å². The van der Waals surface area contributed by atoms with Crippen molar-refractivity contribution in [2.45, 2.75) is 43.8 Å². The summed E-state index contributed by atoms with van der Waals surface area (Å²) in [5, 5.41) is 18.2. The molecule has 1 saturated carbocycles. The maximum atomic E-state index is 13.4. The van der Waals surface area contributed by atoms with Gasteiger partial charge >= 0.3 is 7.12 Å². The minimum absolute atomic E-state index is 0.00506. The fourth-order valence-electron chi connectivity index (χ4n) is 3.00.